The Balaban J connectivity index is 1.69. The van der Waals surface area contributed by atoms with E-state index in [0.29, 0.717) is 5.69 Å². The van der Waals surface area contributed by atoms with Gasteiger partial charge in [0, 0.05) is 12.1 Å². The standard InChI is InChI=1S/C22H28N4O6/c1-12(2)18(24(3)4)22(31)32-10-9-25-17(27)8-7-16(21(25)30)26-19(28)14-6-5-13(23)11-15(14)20(26)29/h5-6,11-12,16,18H,7-10,23H2,1-4H3/t16?,18-/m0/s1. The van der Waals surface area contributed by atoms with E-state index in [-0.39, 0.29) is 43.0 Å². The van der Waals surface area contributed by atoms with Gasteiger partial charge in [0.2, 0.25) is 5.91 Å². The Morgan fingerprint density at radius 3 is 2.44 bits per heavy atom. The smallest absolute Gasteiger partial charge is 0.323 e. The van der Waals surface area contributed by atoms with Gasteiger partial charge in [0.05, 0.1) is 17.7 Å². The molecule has 2 heterocycles. The molecule has 2 N–H and O–H groups in total. The van der Waals surface area contributed by atoms with E-state index in [1.165, 1.54) is 18.2 Å². The van der Waals surface area contributed by atoms with Crippen LogP contribution >= 0.6 is 0 Å². The van der Waals surface area contributed by atoms with Crippen molar-refractivity contribution in [1.29, 1.82) is 0 Å². The first-order chi connectivity index (χ1) is 15.0. The summed E-state index contributed by atoms with van der Waals surface area (Å²) in [6, 6.07) is 2.82. The zero-order valence-corrected chi connectivity index (χ0v) is 18.7. The number of nitrogens with zero attached hydrogens (tertiary/aromatic N) is 3. The number of ether oxygens (including phenoxy) is 1. The predicted molar refractivity (Wildman–Crippen MR) is 114 cm³/mol. The number of carbonyl (C=O) groups excluding carboxylic acids is 5. The minimum absolute atomic E-state index is 0.00772. The minimum Gasteiger partial charge on any atom is -0.463 e. The number of piperidine rings is 1. The van der Waals surface area contributed by atoms with Gasteiger partial charge in [-0.25, -0.2) is 0 Å². The normalized spacial score (nSPS) is 19.8. The third-order valence-corrected chi connectivity index (χ3v) is 5.73. The Morgan fingerprint density at radius 1 is 1.16 bits per heavy atom. The Hall–Kier alpha value is -3.27. The summed E-state index contributed by atoms with van der Waals surface area (Å²) in [5, 5.41) is 0. The highest BCUT2D eigenvalue weighted by atomic mass is 16.5. The van der Waals surface area contributed by atoms with Crippen LogP contribution in [0.25, 0.3) is 0 Å². The lowest BCUT2D eigenvalue weighted by molar-refractivity contribution is -0.158. The fraction of sp³-hybridized carbons (Fsp3) is 0.500. The lowest BCUT2D eigenvalue weighted by atomic mass is 10.0. The monoisotopic (exact) mass is 444 g/mol. The van der Waals surface area contributed by atoms with Crippen LogP contribution in [0.1, 0.15) is 47.4 Å². The van der Waals surface area contributed by atoms with Crippen LogP contribution in [0.5, 0.6) is 0 Å². The highest BCUT2D eigenvalue weighted by Crippen LogP contribution is 2.30. The maximum atomic E-state index is 13.0. The SMILES string of the molecule is CC(C)[C@@H](C(=O)OCCN1C(=O)CCC(N2C(=O)c3ccc(N)cc3C2=O)C1=O)N(C)C. The molecule has 0 radical (unpaired) electrons. The number of fused-ring (bicyclic) bond motifs is 1. The van der Waals surface area contributed by atoms with Crippen LogP contribution in [0.2, 0.25) is 0 Å². The quantitative estimate of drug-likeness (QED) is 0.366. The molecule has 0 aromatic heterocycles. The van der Waals surface area contributed by atoms with Gasteiger partial charge in [-0.3, -0.25) is 38.7 Å². The van der Waals surface area contributed by atoms with Crippen molar-refractivity contribution in [2.75, 3.05) is 33.0 Å². The molecule has 2 aliphatic rings. The number of benzene rings is 1. The molecule has 172 valence electrons. The Kier molecular flexibility index (Phi) is 6.63. The summed E-state index contributed by atoms with van der Waals surface area (Å²) in [4.78, 5) is 67.0. The first-order valence-corrected chi connectivity index (χ1v) is 10.5. The van der Waals surface area contributed by atoms with Crippen molar-refractivity contribution in [2.45, 2.75) is 38.8 Å². The van der Waals surface area contributed by atoms with E-state index in [1.54, 1.807) is 19.0 Å². The Morgan fingerprint density at radius 2 is 1.81 bits per heavy atom. The maximum absolute atomic E-state index is 13.0. The fourth-order valence-corrected chi connectivity index (χ4v) is 4.26. The fourth-order valence-electron chi connectivity index (χ4n) is 4.26. The third kappa shape index (κ3) is 4.22. The number of amides is 4. The van der Waals surface area contributed by atoms with Crippen LogP contribution in [0, 0.1) is 5.92 Å². The van der Waals surface area contributed by atoms with Crippen molar-refractivity contribution in [1.82, 2.24) is 14.7 Å². The molecular weight excluding hydrogens is 416 g/mol. The average Bonchev–Trinajstić information content (AvgIpc) is 2.94. The van der Waals surface area contributed by atoms with E-state index in [4.69, 9.17) is 10.5 Å². The molecule has 32 heavy (non-hydrogen) atoms. The lowest BCUT2D eigenvalue weighted by Gasteiger charge is -2.34. The van der Waals surface area contributed by atoms with Gasteiger partial charge in [-0.05, 0) is 44.6 Å². The number of hydrogen-bond donors (Lipinski definition) is 1. The highest BCUT2D eigenvalue weighted by molar-refractivity contribution is 6.23. The zero-order chi connectivity index (χ0) is 23.7. The molecule has 0 spiro atoms. The van der Waals surface area contributed by atoms with Gasteiger partial charge in [0.1, 0.15) is 18.7 Å². The van der Waals surface area contributed by atoms with E-state index in [0.717, 1.165) is 9.80 Å². The first kappa shape index (κ1) is 23.4. The molecule has 0 aliphatic carbocycles. The first-order valence-electron chi connectivity index (χ1n) is 10.5. The number of hydrogen-bond acceptors (Lipinski definition) is 8. The van der Waals surface area contributed by atoms with E-state index in [2.05, 4.69) is 0 Å². The van der Waals surface area contributed by atoms with Gasteiger partial charge >= 0.3 is 5.97 Å². The number of nitrogens with two attached hydrogens (primary N) is 1. The van der Waals surface area contributed by atoms with Crippen LogP contribution in [-0.4, -0.2) is 83.6 Å². The lowest BCUT2D eigenvalue weighted by Crippen LogP contribution is -2.56. The van der Waals surface area contributed by atoms with Crippen LogP contribution in [0.3, 0.4) is 0 Å². The van der Waals surface area contributed by atoms with Gasteiger partial charge in [0.25, 0.3) is 17.7 Å². The van der Waals surface area contributed by atoms with E-state index >= 15 is 0 Å². The number of esters is 1. The summed E-state index contributed by atoms with van der Waals surface area (Å²) < 4.78 is 5.30. The van der Waals surface area contributed by atoms with Crippen LogP contribution in [-0.2, 0) is 19.1 Å². The summed E-state index contributed by atoms with van der Waals surface area (Å²) >= 11 is 0. The van der Waals surface area contributed by atoms with Crippen molar-refractivity contribution in [3.63, 3.8) is 0 Å². The Labute approximate surface area is 186 Å². The number of carbonyl (C=O) groups is 5. The van der Waals surface area contributed by atoms with Gasteiger partial charge in [-0.1, -0.05) is 13.8 Å². The van der Waals surface area contributed by atoms with Crippen molar-refractivity contribution < 1.29 is 28.7 Å². The second-order valence-corrected chi connectivity index (χ2v) is 8.54. The second kappa shape index (κ2) is 9.07. The highest BCUT2D eigenvalue weighted by Gasteiger charge is 2.47. The largest absolute Gasteiger partial charge is 0.463 e. The molecule has 1 fully saturated rings. The molecule has 3 rings (SSSR count). The zero-order valence-electron chi connectivity index (χ0n) is 18.7. The minimum atomic E-state index is -1.10. The van der Waals surface area contributed by atoms with Crippen LogP contribution in [0.4, 0.5) is 5.69 Å². The average molecular weight is 444 g/mol. The number of imide groups is 2. The predicted octanol–water partition coefficient (Wildman–Crippen LogP) is 0.512. The third-order valence-electron chi connectivity index (χ3n) is 5.73. The molecule has 1 aromatic rings. The van der Waals surface area contributed by atoms with Gasteiger partial charge < -0.3 is 10.5 Å². The molecule has 2 atom stereocenters. The number of nitrogen functional groups attached to an aromatic ring is 1. The van der Waals surface area contributed by atoms with Gasteiger partial charge in [-0.15, -0.1) is 0 Å². The maximum Gasteiger partial charge on any atom is 0.323 e. The summed E-state index contributed by atoms with van der Waals surface area (Å²) in [6.07, 6.45) is 0.0389. The summed E-state index contributed by atoms with van der Waals surface area (Å²) in [7, 11) is 3.54. The number of likely N-dealkylation sites (N-methyl/N-ethyl adjacent to an activating group) is 1. The van der Waals surface area contributed by atoms with Crippen molar-refractivity contribution in [2.24, 2.45) is 5.92 Å². The van der Waals surface area contributed by atoms with Crippen molar-refractivity contribution in [3.8, 4) is 0 Å². The van der Waals surface area contributed by atoms with Gasteiger partial charge in [0.15, 0.2) is 0 Å². The van der Waals surface area contributed by atoms with Gasteiger partial charge in [-0.2, -0.15) is 0 Å². The molecule has 1 saturated heterocycles. The molecule has 10 heteroatoms. The van der Waals surface area contributed by atoms with E-state index in [9.17, 15) is 24.0 Å². The summed E-state index contributed by atoms with van der Waals surface area (Å²) in [5.41, 5.74) is 6.37. The molecule has 0 bridgehead atoms. The number of anilines is 1. The molecule has 0 saturated carbocycles. The molecule has 4 amide bonds. The number of rotatable bonds is 7. The summed E-state index contributed by atoms with van der Waals surface area (Å²) in [5.74, 6) is -2.72. The number of likely N-dealkylation sites (tertiary alicyclic amines) is 1. The van der Waals surface area contributed by atoms with E-state index in [1.807, 2.05) is 13.8 Å². The molecular formula is C22H28N4O6. The van der Waals surface area contributed by atoms with E-state index < -0.39 is 41.7 Å². The van der Waals surface area contributed by atoms with Crippen molar-refractivity contribution in [3.05, 3.63) is 29.3 Å². The summed E-state index contributed by atoms with van der Waals surface area (Å²) in [6.45, 7) is 3.47. The van der Waals surface area contributed by atoms with Crippen LogP contribution in [0.15, 0.2) is 18.2 Å². The van der Waals surface area contributed by atoms with Crippen LogP contribution < -0.4 is 5.73 Å². The molecule has 1 aromatic carbocycles. The topological polar surface area (TPSA) is 130 Å². The Bertz CT molecular complexity index is 965. The molecule has 1 unspecified atom stereocenters. The molecule has 10 nitrogen and oxygen atoms in total. The second-order valence-electron chi connectivity index (χ2n) is 8.54. The van der Waals surface area contributed by atoms with Crippen molar-refractivity contribution >= 4 is 35.3 Å². The molecule has 2 aliphatic heterocycles.